The average molecular weight is 437 g/mol. The van der Waals surface area contributed by atoms with Crippen LogP contribution >= 0.6 is 0 Å². The molecule has 1 fully saturated rings. The molecule has 164 valence electrons. The van der Waals surface area contributed by atoms with Crippen LogP contribution in [-0.2, 0) is 14.8 Å². The molecule has 1 saturated heterocycles. The van der Waals surface area contributed by atoms with Crippen molar-refractivity contribution < 1.29 is 31.1 Å². The summed E-state index contributed by atoms with van der Waals surface area (Å²) in [6.45, 7) is 5.13. The molecule has 0 spiro atoms. The molecule has 2 rings (SSSR count). The van der Waals surface area contributed by atoms with Gasteiger partial charge in [0.2, 0.25) is 10.0 Å². The van der Waals surface area contributed by atoms with Crippen LogP contribution in [0.1, 0.15) is 30.6 Å². The van der Waals surface area contributed by atoms with E-state index < -0.39 is 28.7 Å². The standard InChI is InChI=1S/C18H26F3N3O4S/c1-13-10-24(11-14(2)28-13)9-3-8-23-29(26,27)16-6-4-15(5-7-16)17(25)22-12-18(19,20)21/h4-7,13-14,23H,3,8-12H2,1-2H3,(H,22,25). The van der Waals surface area contributed by atoms with Crippen molar-refractivity contribution in [3.63, 3.8) is 0 Å². The number of ether oxygens (including phenoxy) is 1. The van der Waals surface area contributed by atoms with Gasteiger partial charge in [0.05, 0.1) is 17.1 Å². The number of carbonyl (C=O) groups excluding carboxylic acids is 1. The van der Waals surface area contributed by atoms with Crippen molar-refractivity contribution in [1.29, 1.82) is 0 Å². The largest absolute Gasteiger partial charge is 0.405 e. The minimum atomic E-state index is -4.51. The Bertz CT molecular complexity index is 775. The zero-order valence-corrected chi connectivity index (χ0v) is 17.1. The van der Waals surface area contributed by atoms with Gasteiger partial charge in [0.15, 0.2) is 0 Å². The topological polar surface area (TPSA) is 87.7 Å². The monoisotopic (exact) mass is 437 g/mol. The van der Waals surface area contributed by atoms with Gasteiger partial charge in [-0.15, -0.1) is 0 Å². The fraction of sp³-hybridized carbons (Fsp3) is 0.611. The molecule has 11 heteroatoms. The first kappa shape index (κ1) is 23.6. The number of nitrogens with zero attached hydrogens (tertiary/aromatic N) is 1. The van der Waals surface area contributed by atoms with Crippen LogP contribution in [0.2, 0.25) is 0 Å². The normalized spacial score (nSPS) is 21.1. The van der Waals surface area contributed by atoms with E-state index in [-0.39, 0.29) is 29.2 Å². The van der Waals surface area contributed by atoms with Crippen molar-refractivity contribution in [2.24, 2.45) is 0 Å². The minimum absolute atomic E-state index is 0.0521. The van der Waals surface area contributed by atoms with Crippen molar-refractivity contribution in [3.05, 3.63) is 29.8 Å². The number of hydrogen-bond acceptors (Lipinski definition) is 5. The maximum Gasteiger partial charge on any atom is 0.405 e. The van der Waals surface area contributed by atoms with Gasteiger partial charge in [0.25, 0.3) is 5.91 Å². The number of carbonyl (C=O) groups is 1. The van der Waals surface area contributed by atoms with Gasteiger partial charge in [0, 0.05) is 25.2 Å². The number of morpholine rings is 1. The number of benzene rings is 1. The average Bonchev–Trinajstić information content (AvgIpc) is 2.62. The van der Waals surface area contributed by atoms with Crippen molar-refractivity contribution in [2.45, 2.75) is 43.5 Å². The van der Waals surface area contributed by atoms with Crippen LogP contribution in [0, 0.1) is 0 Å². The molecule has 1 aromatic rings. The minimum Gasteiger partial charge on any atom is -0.373 e. The second-order valence-corrected chi connectivity index (χ2v) is 8.86. The second-order valence-electron chi connectivity index (χ2n) is 7.09. The van der Waals surface area contributed by atoms with Crippen molar-refractivity contribution in [1.82, 2.24) is 14.9 Å². The molecule has 1 aromatic carbocycles. The lowest BCUT2D eigenvalue weighted by atomic mass is 10.2. The zero-order chi connectivity index (χ0) is 21.7. The molecule has 0 aliphatic carbocycles. The van der Waals surface area contributed by atoms with Gasteiger partial charge in [-0.2, -0.15) is 13.2 Å². The van der Waals surface area contributed by atoms with E-state index in [0.717, 1.165) is 19.6 Å². The molecule has 0 saturated carbocycles. The Hall–Kier alpha value is -1.69. The summed E-state index contributed by atoms with van der Waals surface area (Å²) >= 11 is 0. The smallest absolute Gasteiger partial charge is 0.373 e. The SMILES string of the molecule is CC1CN(CCCNS(=O)(=O)c2ccc(C(=O)NCC(F)(F)F)cc2)CC(C)O1. The van der Waals surface area contributed by atoms with Gasteiger partial charge in [-0.3, -0.25) is 9.69 Å². The van der Waals surface area contributed by atoms with Crippen molar-refractivity contribution in [2.75, 3.05) is 32.7 Å². The first-order valence-corrected chi connectivity index (χ1v) is 10.8. The Balaban J connectivity index is 1.82. The highest BCUT2D eigenvalue weighted by molar-refractivity contribution is 7.89. The highest BCUT2D eigenvalue weighted by Gasteiger charge is 2.28. The summed E-state index contributed by atoms with van der Waals surface area (Å²) in [5.74, 6) is -0.923. The molecule has 2 atom stereocenters. The summed E-state index contributed by atoms with van der Waals surface area (Å²) < 4.78 is 69.3. The fourth-order valence-electron chi connectivity index (χ4n) is 3.13. The molecule has 1 aliphatic rings. The molecule has 2 unspecified atom stereocenters. The Morgan fingerprint density at radius 3 is 2.31 bits per heavy atom. The highest BCUT2D eigenvalue weighted by atomic mass is 32.2. The molecular formula is C18H26F3N3O4S. The third kappa shape index (κ3) is 7.92. The Kier molecular flexibility index (Phi) is 8.03. The number of amides is 1. The van der Waals surface area contributed by atoms with Crippen LogP contribution in [-0.4, -0.2) is 70.3 Å². The Morgan fingerprint density at radius 1 is 1.17 bits per heavy atom. The summed E-state index contributed by atoms with van der Waals surface area (Å²) in [5.41, 5.74) is -0.0521. The molecule has 1 heterocycles. The predicted octanol–water partition coefficient (Wildman–Crippen LogP) is 1.76. The summed E-state index contributed by atoms with van der Waals surface area (Å²) in [4.78, 5) is 13.8. The molecule has 0 bridgehead atoms. The van der Waals surface area contributed by atoms with Crippen LogP contribution in [0.3, 0.4) is 0 Å². The summed E-state index contributed by atoms with van der Waals surface area (Å²) in [7, 11) is -3.77. The van der Waals surface area contributed by atoms with Gasteiger partial charge >= 0.3 is 6.18 Å². The van der Waals surface area contributed by atoms with Gasteiger partial charge in [0.1, 0.15) is 6.54 Å². The summed E-state index contributed by atoms with van der Waals surface area (Å²) in [5, 5.41) is 1.73. The second kappa shape index (κ2) is 9.88. The molecule has 1 amide bonds. The van der Waals surface area contributed by atoms with Crippen LogP contribution in [0.5, 0.6) is 0 Å². The molecule has 2 N–H and O–H groups in total. The molecule has 1 aliphatic heterocycles. The van der Waals surface area contributed by atoms with E-state index >= 15 is 0 Å². The van der Waals surface area contributed by atoms with E-state index in [4.69, 9.17) is 4.74 Å². The number of nitrogens with one attached hydrogen (secondary N) is 2. The van der Waals surface area contributed by atoms with E-state index in [1.54, 1.807) is 5.32 Å². The number of hydrogen-bond donors (Lipinski definition) is 2. The van der Waals surface area contributed by atoms with Crippen molar-refractivity contribution >= 4 is 15.9 Å². The molecular weight excluding hydrogens is 411 g/mol. The lowest BCUT2D eigenvalue weighted by Gasteiger charge is -2.35. The van der Waals surface area contributed by atoms with E-state index in [1.807, 2.05) is 13.8 Å². The van der Waals surface area contributed by atoms with Crippen LogP contribution in [0.4, 0.5) is 13.2 Å². The highest BCUT2D eigenvalue weighted by Crippen LogP contribution is 2.14. The number of alkyl halides is 3. The van der Waals surface area contributed by atoms with E-state index in [1.165, 1.54) is 24.3 Å². The molecule has 0 radical (unpaired) electrons. The maximum absolute atomic E-state index is 12.3. The van der Waals surface area contributed by atoms with Crippen LogP contribution < -0.4 is 10.0 Å². The van der Waals surface area contributed by atoms with E-state index in [9.17, 15) is 26.4 Å². The number of halogens is 3. The van der Waals surface area contributed by atoms with Gasteiger partial charge in [-0.25, -0.2) is 13.1 Å². The van der Waals surface area contributed by atoms with Gasteiger partial charge in [-0.05, 0) is 51.1 Å². The fourth-order valence-corrected chi connectivity index (χ4v) is 4.20. The molecule has 7 nitrogen and oxygen atoms in total. The Labute approximate surface area is 168 Å². The number of rotatable bonds is 8. The van der Waals surface area contributed by atoms with Crippen LogP contribution in [0.15, 0.2) is 29.2 Å². The third-order valence-corrected chi connectivity index (χ3v) is 5.79. The van der Waals surface area contributed by atoms with E-state index in [2.05, 4.69) is 9.62 Å². The first-order valence-electron chi connectivity index (χ1n) is 9.29. The van der Waals surface area contributed by atoms with Crippen molar-refractivity contribution in [3.8, 4) is 0 Å². The molecule has 0 aromatic heterocycles. The quantitative estimate of drug-likeness (QED) is 0.605. The predicted molar refractivity (Wildman–Crippen MR) is 101 cm³/mol. The zero-order valence-electron chi connectivity index (χ0n) is 16.3. The maximum atomic E-state index is 12.3. The van der Waals surface area contributed by atoms with E-state index in [0.29, 0.717) is 6.42 Å². The summed E-state index contributed by atoms with van der Waals surface area (Å²) in [6.07, 6.45) is -3.61. The number of sulfonamides is 1. The Morgan fingerprint density at radius 2 is 1.76 bits per heavy atom. The lowest BCUT2D eigenvalue weighted by molar-refractivity contribution is -0.123. The van der Waals surface area contributed by atoms with Gasteiger partial charge in [-0.1, -0.05) is 0 Å². The van der Waals surface area contributed by atoms with Gasteiger partial charge < -0.3 is 10.1 Å². The van der Waals surface area contributed by atoms with Crippen LogP contribution in [0.25, 0.3) is 0 Å². The summed E-state index contributed by atoms with van der Waals surface area (Å²) in [6, 6.07) is 4.74. The lowest BCUT2D eigenvalue weighted by Crippen LogP contribution is -2.46. The third-order valence-electron chi connectivity index (χ3n) is 4.31. The first-order chi connectivity index (χ1) is 13.5. The molecule has 29 heavy (non-hydrogen) atoms.